The summed E-state index contributed by atoms with van der Waals surface area (Å²) in [5.74, 6) is 0.683. The Bertz CT molecular complexity index is 329. The van der Waals surface area contributed by atoms with Gasteiger partial charge in [0.1, 0.15) is 18.5 Å². The van der Waals surface area contributed by atoms with Gasteiger partial charge in [-0.25, -0.2) is 4.79 Å². The van der Waals surface area contributed by atoms with E-state index in [0.717, 1.165) is 0 Å². The Hall–Kier alpha value is -1.75. The molecule has 0 heterocycles. The molecular formula is C12H17NO4. The van der Waals surface area contributed by atoms with Gasteiger partial charge in [0.2, 0.25) is 0 Å². The predicted molar refractivity (Wildman–Crippen MR) is 63.0 cm³/mol. The number of aliphatic hydroxyl groups excluding tert-OH is 1. The fourth-order valence-electron chi connectivity index (χ4n) is 1.15. The number of amides is 1. The second kappa shape index (κ2) is 7.51. The van der Waals surface area contributed by atoms with Crippen LogP contribution in [-0.2, 0) is 4.74 Å². The number of nitrogens with one attached hydrogen (secondary N) is 1. The van der Waals surface area contributed by atoms with Crippen molar-refractivity contribution < 1.29 is 19.4 Å². The molecule has 1 atom stereocenters. The molecule has 1 aromatic carbocycles. The highest BCUT2D eigenvalue weighted by atomic mass is 16.5. The predicted octanol–water partition coefficient (Wildman–Crippen LogP) is 1.17. The van der Waals surface area contributed by atoms with Gasteiger partial charge in [-0.15, -0.1) is 0 Å². The lowest BCUT2D eigenvalue weighted by Crippen LogP contribution is -2.35. The fraction of sp³-hybridized carbons (Fsp3) is 0.417. The molecule has 1 aromatic rings. The third-order valence-corrected chi connectivity index (χ3v) is 1.94. The maximum absolute atomic E-state index is 10.9. The molecule has 5 nitrogen and oxygen atoms in total. The van der Waals surface area contributed by atoms with Crippen LogP contribution in [0.25, 0.3) is 0 Å². The molecule has 1 rings (SSSR count). The van der Waals surface area contributed by atoms with Gasteiger partial charge in [-0.2, -0.15) is 0 Å². The van der Waals surface area contributed by atoms with Crippen LogP contribution < -0.4 is 10.1 Å². The van der Waals surface area contributed by atoms with Crippen molar-refractivity contribution >= 4 is 6.09 Å². The van der Waals surface area contributed by atoms with Crippen molar-refractivity contribution in [3.63, 3.8) is 0 Å². The molecule has 5 heteroatoms. The Morgan fingerprint density at radius 3 is 2.76 bits per heavy atom. The van der Waals surface area contributed by atoms with Crippen molar-refractivity contribution in [2.45, 2.75) is 13.0 Å². The molecule has 0 aliphatic rings. The summed E-state index contributed by atoms with van der Waals surface area (Å²) in [6, 6.07) is 9.17. The third kappa shape index (κ3) is 5.77. The van der Waals surface area contributed by atoms with Crippen LogP contribution in [0.5, 0.6) is 5.75 Å². The normalized spacial score (nSPS) is 11.6. The summed E-state index contributed by atoms with van der Waals surface area (Å²) in [5.41, 5.74) is 0. The molecule has 0 aromatic heterocycles. The van der Waals surface area contributed by atoms with Gasteiger partial charge in [-0.3, -0.25) is 0 Å². The van der Waals surface area contributed by atoms with Crippen LogP contribution in [0.1, 0.15) is 6.92 Å². The van der Waals surface area contributed by atoms with E-state index in [-0.39, 0.29) is 13.2 Å². The van der Waals surface area contributed by atoms with Crippen LogP contribution in [-0.4, -0.2) is 37.1 Å². The first kappa shape index (κ1) is 13.3. The molecule has 0 spiro atoms. The summed E-state index contributed by atoms with van der Waals surface area (Å²) in [4.78, 5) is 10.9. The summed E-state index contributed by atoms with van der Waals surface area (Å²) in [6.07, 6.45) is -1.30. The van der Waals surface area contributed by atoms with Gasteiger partial charge in [0.15, 0.2) is 0 Å². The monoisotopic (exact) mass is 239 g/mol. The minimum absolute atomic E-state index is 0.103. The molecule has 0 aliphatic carbocycles. The fourth-order valence-corrected chi connectivity index (χ4v) is 1.15. The minimum Gasteiger partial charge on any atom is -0.491 e. The second-order valence-electron chi connectivity index (χ2n) is 3.38. The average Bonchev–Trinajstić information content (AvgIpc) is 2.35. The van der Waals surface area contributed by atoms with E-state index >= 15 is 0 Å². The van der Waals surface area contributed by atoms with Crippen LogP contribution in [0.15, 0.2) is 30.3 Å². The number of carbonyl (C=O) groups is 1. The molecule has 0 bridgehead atoms. The minimum atomic E-state index is -0.764. The first-order valence-electron chi connectivity index (χ1n) is 5.49. The molecule has 0 radical (unpaired) electrons. The zero-order valence-electron chi connectivity index (χ0n) is 9.76. The summed E-state index contributed by atoms with van der Waals surface area (Å²) in [6.45, 7) is 2.25. The SMILES string of the molecule is CCOC(=O)NC[C@H](O)COc1ccccc1. The van der Waals surface area contributed by atoms with Gasteiger partial charge >= 0.3 is 6.09 Å². The summed E-state index contributed by atoms with van der Waals surface area (Å²) >= 11 is 0. The Labute approximate surface area is 100 Å². The Balaban J connectivity index is 2.17. The van der Waals surface area contributed by atoms with Gasteiger partial charge in [-0.1, -0.05) is 18.2 Å². The van der Waals surface area contributed by atoms with Crippen LogP contribution in [0.4, 0.5) is 4.79 Å². The third-order valence-electron chi connectivity index (χ3n) is 1.94. The lowest BCUT2D eigenvalue weighted by molar-refractivity contribution is 0.0991. The highest BCUT2D eigenvalue weighted by Crippen LogP contribution is 2.08. The van der Waals surface area contributed by atoms with Crippen molar-refractivity contribution in [1.82, 2.24) is 5.32 Å². The van der Waals surface area contributed by atoms with Crippen molar-refractivity contribution in [3.8, 4) is 5.75 Å². The summed E-state index contributed by atoms with van der Waals surface area (Å²) in [7, 11) is 0. The quantitative estimate of drug-likeness (QED) is 0.782. The number of hydrogen-bond acceptors (Lipinski definition) is 4. The zero-order chi connectivity index (χ0) is 12.5. The standard InChI is InChI=1S/C12H17NO4/c1-2-16-12(15)13-8-10(14)9-17-11-6-4-3-5-7-11/h3-7,10,14H,2,8-9H2,1H3,(H,13,15)/t10-/m0/s1. The number of ether oxygens (including phenoxy) is 2. The molecule has 1 amide bonds. The Morgan fingerprint density at radius 2 is 2.12 bits per heavy atom. The molecular weight excluding hydrogens is 222 g/mol. The van der Waals surface area contributed by atoms with Crippen LogP contribution in [0, 0.1) is 0 Å². The lowest BCUT2D eigenvalue weighted by atomic mass is 10.3. The van der Waals surface area contributed by atoms with E-state index in [1.54, 1.807) is 19.1 Å². The van der Waals surface area contributed by atoms with Gasteiger partial charge in [-0.05, 0) is 19.1 Å². The molecule has 2 N–H and O–H groups in total. The molecule has 0 unspecified atom stereocenters. The maximum Gasteiger partial charge on any atom is 0.407 e. The van der Waals surface area contributed by atoms with Crippen LogP contribution >= 0.6 is 0 Å². The van der Waals surface area contributed by atoms with Gasteiger partial charge in [0, 0.05) is 0 Å². The van der Waals surface area contributed by atoms with E-state index in [2.05, 4.69) is 10.1 Å². The molecule has 0 fully saturated rings. The number of carbonyl (C=O) groups excluding carboxylic acids is 1. The molecule has 0 saturated heterocycles. The average molecular weight is 239 g/mol. The van der Waals surface area contributed by atoms with E-state index in [0.29, 0.717) is 12.4 Å². The van der Waals surface area contributed by atoms with Crippen molar-refractivity contribution in [3.05, 3.63) is 30.3 Å². The topological polar surface area (TPSA) is 67.8 Å². The first-order valence-corrected chi connectivity index (χ1v) is 5.49. The van der Waals surface area contributed by atoms with E-state index in [1.807, 2.05) is 18.2 Å². The van der Waals surface area contributed by atoms with Crippen LogP contribution in [0.2, 0.25) is 0 Å². The summed E-state index contributed by atoms with van der Waals surface area (Å²) < 4.78 is 9.97. The van der Waals surface area contributed by atoms with Gasteiger partial charge in [0.25, 0.3) is 0 Å². The number of hydrogen-bond donors (Lipinski definition) is 2. The highest BCUT2D eigenvalue weighted by molar-refractivity contribution is 5.67. The largest absolute Gasteiger partial charge is 0.491 e. The summed E-state index contributed by atoms with van der Waals surface area (Å²) in [5, 5.41) is 12.0. The lowest BCUT2D eigenvalue weighted by Gasteiger charge is -2.12. The number of aliphatic hydroxyl groups is 1. The van der Waals surface area contributed by atoms with E-state index in [9.17, 15) is 9.90 Å². The van der Waals surface area contributed by atoms with E-state index < -0.39 is 12.2 Å². The number of para-hydroxylation sites is 1. The smallest absolute Gasteiger partial charge is 0.407 e. The van der Waals surface area contributed by atoms with Crippen molar-refractivity contribution in [2.75, 3.05) is 19.8 Å². The maximum atomic E-state index is 10.9. The molecule has 17 heavy (non-hydrogen) atoms. The Kier molecular flexibility index (Phi) is 5.88. The number of rotatable bonds is 6. The second-order valence-corrected chi connectivity index (χ2v) is 3.38. The zero-order valence-corrected chi connectivity index (χ0v) is 9.76. The van der Waals surface area contributed by atoms with Crippen molar-refractivity contribution in [1.29, 1.82) is 0 Å². The number of alkyl carbamates (subject to hydrolysis) is 1. The molecule has 0 saturated carbocycles. The first-order chi connectivity index (χ1) is 8.22. The van der Waals surface area contributed by atoms with Gasteiger partial charge in [0.05, 0.1) is 13.2 Å². The van der Waals surface area contributed by atoms with Crippen LogP contribution in [0.3, 0.4) is 0 Å². The Morgan fingerprint density at radius 1 is 1.41 bits per heavy atom. The molecule has 94 valence electrons. The van der Waals surface area contributed by atoms with E-state index in [1.165, 1.54) is 0 Å². The highest BCUT2D eigenvalue weighted by Gasteiger charge is 2.07. The van der Waals surface area contributed by atoms with Gasteiger partial charge < -0.3 is 19.9 Å². The number of benzene rings is 1. The molecule has 0 aliphatic heterocycles. The van der Waals surface area contributed by atoms with Crippen molar-refractivity contribution in [2.24, 2.45) is 0 Å². The van der Waals surface area contributed by atoms with E-state index in [4.69, 9.17) is 4.74 Å².